The number of hydrogen-bond donors (Lipinski definition) is 2. The molecular weight excluding hydrogens is 725 g/mol. The Morgan fingerprint density at radius 1 is 0.842 bits per heavy atom. The van der Waals surface area contributed by atoms with Crippen molar-refractivity contribution in [2.75, 3.05) is 45.7 Å². The number of piperidine rings is 1. The third-order valence-electron chi connectivity index (χ3n) is 12.1. The highest BCUT2D eigenvalue weighted by Crippen LogP contribution is 2.39. The minimum absolute atomic E-state index is 0.0611. The van der Waals surface area contributed by atoms with Gasteiger partial charge in [0.05, 0.1) is 26.3 Å². The Morgan fingerprint density at radius 2 is 1.56 bits per heavy atom. The second-order valence-electron chi connectivity index (χ2n) is 15.9. The summed E-state index contributed by atoms with van der Waals surface area (Å²) >= 11 is 0. The average molecular weight is 781 g/mol. The van der Waals surface area contributed by atoms with E-state index in [1.807, 2.05) is 35.4 Å². The van der Waals surface area contributed by atoms with Crippen LogP contribution in [0.3, 0.4) is 0 Å². The summed E-state index contributed by atoms with van der Waals surface area (Å²) in [7, 11) is 5.14. The topological polar surface area (TPSA) is 143 Å². The molecule has 57 heavy (non-hydrogen) atoms. The second kappa shape index (κ2) is 18.0. The molecule has 3 aromatic rings. The predicted molar refractivity (Wildman–Crippen MR) is 217 cm³/mol. The van der Waals surface area contributed by atoms with Gasteiger partial charge in [0.1, 0.15) is 17.5 Å². The van der Waals surface area contributed by atoms with Gasteiger partial charge in [-0.2, -0.15) is 0 Å². The zero-order valence-electron chi connectivity index (χ0n) is 33.6. The number of likely N-dealkylation sites (tertiary alicyclic amines) is 1. The number of ether oxygens (including phenoxy) is 2. The molecule has 1 unspecified atom stereocenters. The van der Waals surface area contributed by atoms with E-state index < -0.39 is 11.9 Å². The Labute approximate surface area is 334 Å². The standard InChI is InChI=1S/C44H56N6O7/c1-47-25-32(29-23-38(56-2)35(39(24-29)57-3)26-48-20-12-21-48)30-18-22-49(27-34(30)43(47)54)41(52)15-9-7-5-4-6-8-10-19-45-36-14-11-13-31-33(36)28-50(44(31)55)37-16-17-40(51)46-42(37)53/h11,13-14,23-25,37,45H,4-10,12,15-22,26-28H2,1-3H3,(H,46,51,53). The predicted octanol–water partition coefficient (Wildman–Crippen LogP) is 5.15. The molecule has 0 spiro atoms. The van der Waals surface area contributed by atoms with E-state index in [1.165, 1.54) is 6.42 Å². The number of amides is 4. The normalized spacial score (nSPS) is 17.9. The molecule has 1 aromatic heterocycles. The van der Waals surface area contributed by atoms with E-state index in [1.54, 1.807) is 36.8 Å². The number of pyridine rings is 1. The largest absolute Gasteiger partial charge is 0.496 e. The first-order chi connectivity index (χ1) is 27.7. The van der Waals surface area contributed by atoms with Crippen molar-refractivity contribution in [3.63, 3.8) is 0 Å². The third kappa shape index (κ3) is 8.73. The van der Waals surface area contributed by atoms with Crippen molar-refractivity contribution in [1.82, 2.24) is 24.6 Å². The number of hydrogen-bond acceptors (Lipinski definition) is 9. The molecule has 13 heteroatoms. The monoisotopic (exact) mass is 780 g/mol. The van der Waals surface area contributed by atoms with Gasteiger partial charge in [0.2, 0.25) is 17.7 Å². The lowest BCUT2D eigenvalue weighted by molar-refractivity contribution is -0.137. The molecule has 0 bridgehead atoms. The summed E-state index contributed by atoms with van der Waals surface area (Å²) in [5, 5.41) is 5.86. The number of carbonyl (C=O) groups excluding carboxylic acids is 4. The molecule has 7 rings (SSSR count). The second-order valence-corrected chi connectivity index (χ2v) is 15.9. The van der Waals surface area contributed by atoms with E-state index in [2.05, 4.69) is 15.5 Å². The third-order valence-corrected chi connectivity index (χ3v) is 12.1. The van der Waals surface area contributed by atoms with Crippen molar-refractivity contribution in [2.24, 2.45) is 7.05 Å². The molecule has 0 radical (unpaired) electrons. The first-order valence-corrected chi connectivity index (χ1v) is 20.6. The van der Waals surface area contributed by atoms with Gasteiger partial charge < -0.3 is 29.2 Å². The highest BCUT2D eigenvalue weighted by atomic mass is 16.5. The fraction of sp³-hybridized carbons (Fsp3) is 0.523. The molecule has 4 aliphatic heterocycles. The van der Waals surface area contributed by atoms with Gasteiger partial charge in [0.25, 0.3) is 11.5 Å². The molecule has 2 saturated heterocycles. The summed E-state index contributed by atoms with van der Waals surface area (Å²) < 4.78 is 13.3. The van der Waals surface area contributed by atoms with Gasteiger partial charge >= 0.3 is 0 Å². The molecule has 2 N–H and O–H groups in total. The van der Waals surface area contributed by atoms with Crippen LogP contribution in [-0.2, 0) is 47.5 Å². The van der Waals surface area contributed by atoms with Gasteiger partial charge in [-0.1, -0.05) is 38.2 Å². The molecule has 4 aliphatic rings. The number of imide groups is 1. The molecule has 4 amide bonds. The van der Waals surface area contributed by atoms with Crippen molar-refractivity contribution >= 4 is 29.3 Å². The van der Waals surface area contributed by atoms with Crippen LogP contribution in [0.25, 0.3) is 11.1 Å². The molecule has 2 fully saturated rings. The van der Waals surface area contributed by atoms with Crippen molar-refractivity contribution in [1.29, 1.82) is 0 Å². The van der Waals surface area contributed by atoms with Crippen LogP contribution < -0.4 is 25.7 Å². The number of methoxy groups -OCH3 is 2. The fourth-order valence-electron chi connectivity index (χ4n) is 8.74. The van der Waals surface area contributed by atoms with E-state index in [0.717, 1.165) is 116 Å². The van der Waals surface area contributed by atoms with Crippen molar-refractivity contribution in [3.05, 3.63) is 74.7 Å². The van der Waals surface area contributed by atoms with Crippen LogP contribution in [0.5, 0.6) is 11.5 Å². The Morgan fingerprint density at radius 3 is 2.25 bits per heavy atom. The van der Waals surface area contributed by atoms with Crippen LogP contribution in [-0.4, -0.2) is 89.3 Å². The van der Waals surface area contributed by atoms with E-state index in [4.69, 9.17) is 9.47 Å². The summed E-state index contributed by atoms with van der Waals surface area (Å²) in [5.41, 5.74) is 7.00. The summed E-state index contributed by atoms with van der Waals surface area (Å²) in [6.45, 7) is 4.96. The molecule has 0 aliphatic carbocycles. The lowest BCUT2D eigenvalue weighted by Crippen LogP contribution is -2.52. The van der Waals surface area contributed by atoms with Crippen LogP contribution in [0.2, 0.25) is 0 Å². The number of nitrogens with zero attached hydrogens (tertiary/aromatic N) is 4. The van der Waals surface area contributed by atoms with Gasteiger partial charge in [-0.15, -0.1) is 0 Å². The number of carbonyl (C=O) groups is 4. The van der Waals surface area contributed by atoms with E-state index in [9.17, 15) is 24.0 Å². The SMILES string of the molecule is COc1cc(-c2cn(C)c(=O)c3c2CCN(C(=O)CCCCCCCCCNc2cccc4c2CN(C2CCC(=O)NC2=O)C4=O)C3)cc(OC)c1CN1CCC1. The first-order valence-electron chi connectivity index (χ1n) is 20.6. The van der Waals surface area contributed by atoms with Crippen molar-refractivity contribution < 1.29 is 28.7 Å². The minimum Gasteiger partial charge on any atom is -0.496 e. The quantitative estimate of drug-likeness (QED) is 0.141. The molecule has 304 valence electrons. The van der Waals surface area contributed by atoms with Crippen molar-refractivity contribution in [3.8, 4) is 22.6 Å². The molecular formula is C44H56N6O7. The number of rotatable bonds is 17. The van der Waals surface area contributed by atoms with Crippen LogP contribution in [0, 0.1) is 0 Å². The summed E-state index contributed by atoms with van der Waals surface area (Å²) in [4.78, 5) is 69.7. The lowest BCUT2D eigenvalue weighted by Gasteiger charge is -2.32. The van der Waals surface area contributed by atoms with Gasteiger partial charge in [-0.05, 0) is 80.6 Å². The maximum atomic E-state index is 13.4. The van der Waals surface area contributed by atoms with Crippen LogP contribution in [0.4, 0.5) is 5.69 Å². The number of unbranched alkanes of at least 4 members (excludes halogenated alkanes) is 6. The van der Waals surface area contributed by atoms with Crippen molar-refractivity contribution in [2.45, 2.75) is 103 Å². The Bertz CT molecular complexity index is 2050. The number of aryl methyl sites for hydroxylation is 1. The van der Waals surface area contributed by atoms with E-state index in [0.29, 0.717) is 50.0 Å². The molecule has 5 heterocycles. The fourth-order valence-corrected chi connectivity index (χ4v) is 8.74. The molecule has 1 atom stereocenters. The van der Waals surface area contributed by atoms with Crippen LogP contribution in [0.15, 0.2) is 41.3 Å². The summed E-state index contributed by atoms with van der Waals surface area (Å²) in [6.07, 6.45) is 12.0. The lowest BCUT2D eigenvalue weighted by atomic mass is 9.91. The number of nitrogens with one attached hydrogen (secondary N) is 2. The van der Waals surface area contributed by atoms with Gasteiger partial charge in [-0.3, -0.25) is 34.2 Å². The molecule has 13 nitrogen and oxygen atoms in total. The van der Waals surface area contributed by atoms with Gasteiger partial charge in [0.15, 0.2) is 0 Å². The zero-order chi connectivity index (χ0) is 40.1. The van der Waals surface area contributed by atoms with Gasteiger partial charge in [0, 0.05) is 80.2 Å². The van der Waals surface area contributed by atoms with Crippen LogP contribution in [0.1, 0.15) is 103 Å². The summed E-state index contributed by atoms with van der Waals surface area (Å²) in [5.74, 6) is 0.800. The molecule has 0 saturated carbocycles. The molecule has 2 aromatic carbocycles. The Balaban J connectivity index is 0.835. The van der Waals surface area contributed by atoms with E-state index >= 15 is 0 Å². The Kier molecular flexibility index (Phi) is 12.6. The number of benzene rings is 2. The zero-order valence-corrected chi connectivity index (χ0v) is 33.6. The first kappa shape index (κ1) is 40.0. The maximum absolute atomic E-state index is 13.4. The van der Waals surface area contributed by atoms with Gasteiger partial charge in [-0.25, -0.2) is 0 Å². The highest BCUT2D eigenvalue weighted by Gasteiger charge is 2.40. The number of anilines is 1. The Hall–Kier alpha value is -5.17. The minimum atomic E-state index is -0.620. The number of fused-ring (bicyclic) bond motifs is 2. The maximum Gasteiger partial charge on any atom is 0.255 e. The highest BCUT2D eigenvalue weighted by molar-refractivity contribution is 6.06. The average Bonchev–Trinajstić information content (AvgIpc) is 3.53. The smallest absolute Gasteiger partial charge is 0.255 e. The summed E-state index contributed by atoms with van der Waals surface area (Å²) in [6, 6.07) is 9.12. The number of aromatic nitrogens is 1. The van der Waals surface area contributed by atoms with E-state index in [-0.39, 0.29) is 29.7 Å². The van der Waals surface area contributed by atoms with Crippen LogP contribution >= 0.6 is 0 Å².